The number of carbonyl (C=O) groups is 1. The Hall–Kier alpha value is -0.800. The summed E-state index contributed by atoms with van der Waals surface area (Å²) in [7, 11) is 0. The number of ketones is 1. The number of benzene rings is 1. The van der Waals surface area contributed by atoms with Gasteiger partial charge in [0, 0.05) is 23.5 Å². The second-order valence-electron chi connectivity index (χ2n) is 5.30. The molecule has 0 radical (unpaired) electrons. The zero-order valence-electron chi connectivity index (χ0n) is 11.3. The molecule has 98 valence electrons. The van der Waals surface area contributed by atoms with Crippen LogP contribution < -0.4 is 0 Å². The van der Waals surface area contributed by atoms with Crippen LogP contribution in [0.15, 0.2) is 29.2 Å². The standard InChI is InChI=1S/C15H21NOS/c1-11-8-16(9-12(11)2)10-15(17)13-4-6-14(18-3)7-5-13/h4-7,11-12H,8-10H2,1-3H3. The third kappa shape index (κ3) is 3.15. The van der Waals surface area contributed by atoms with Gasteiger partial charge in [0.2, 0.25) is 0 Å². The van der Waals surface area contributed by atoms with E-state index in [0.29, 0.717) is 18.4 Å². The van der Waals surface area contributed by atoms with Crippen LogP contribution in [0.2, 0.25) is 0 Å². The summed E-state index contributed by atoms with van der Waals surface area (Å²) in [6, 6.07) is 7.93. The minimum Gasteiger partial charge on any atom is -0.295 e. The van der Waals surface area contributed by atoms with Crippen molar-refractivity contribution in [2.24, 2.45) is 11.8 Å². The molecule has 2 nitrogen and oxygen atoms in total. The lowest BCUT2D eigenvalue weighted by Gasteiger charge is -2.14. The zero-order chi connectivity index (χ0) is 13.1. The molecule has 1 aromatic carbocycles. The van der Waals surface area contributed by atoms with Crippen molar-refractivity contribution in [2.45, 2.75) is 18.7 Å². The monoisotopic (exact) mass is 263 g/mol. The van der Waals surface area contributed by atoms with Gasteiger partial charge < -0.3 is 0 Å². The van der Waals surface area contributed by atoms with E-state index in [0.717, 1.165) is 18.7 Å². The first kappa shape index (κ1) is 13.6. The van der Waals surface area contributed by atoms with E-state index in [1.54, 1.807) is 11.8 Å². The van der Waals surface area contributed by atoms with E-state index in [4.69, 9.17) is 0 Å². The summed E-state index contributed by atoms with van der Waals surface area (Å²) in [6.07, 6.45) is 2.05. The van der Waals surface area contributed by atoms with Crippen LogP contribution in [0.3, 0.4) is 0 Å². The summed E-state index contributed by atoms with van der Waals surface area (Å²) in [5.41, 5.74) is 0.833. The molecule has 3 heteroatoms. The second-order valence-corrected chi connectivity index (χ2v) is 6.18. The van der Waals surface area contributed by atoms with Gasteiger partial charge in [-0.3, -0.25) is 9.69 Å². The maximum absolute atomic E-state index is 12.2. The van der Waals surface area contributed by atoms with Crippen LogP contribution in [0.1, 0.15) is 24.2 Å². The Labute approximate surface area is 114 Å². The van der Waals surface area contributed by atoms with Crippen LogP contribution >= 0.6 is 11.8 Å². The summed E-state index contributed by atoms with van der Waals surface area (Å²) in [5, 5.41) is 0. The van der Waals surface area contributed by atoms with Crippen molar-refractivity contribution in [2.75, 3.05) is 25.9 Å². The quantitative estimate of drug-likeness (QED) is 0.615. The third-order valence-electron chi connectivity index (χ3n) is 3.84. The highest BCUT2D eigenvalue weighted by Crippen LogP contribution is 2.22. The van der Waals surface area contributed by atoms with Crippen LogP contribution in [-0.2, 0) is 0 Å². The lowest BCUT2D eigenvalue weighted by atomic mass is 10.0. The zero-order valence-corrected chi connectivity index (χ0v) is 12.2. The number of nitrogens with zero attached hydrogens (tertiary/aromatic N) is 1. The SMILES string of the molecule is CSc1ccc(C(=O)CN2CC(C)C(C)C2)cc1. The molecular formula is C15H21NOS. The van der Waals surface area contributed by atoms with Crippen LogP contribution in [0.5, 0.6) is 0 Å². The number of Topliss-reactive ketones (excluding diaryl/α,β-unsaturated/α-hetero) is 1. The van der Waals surface area contributed by atoms with Crippen LogP contribution in [0, 0.1) is 11.8 Å². The topological polar surface area (TPSA) is 20.3 Å². The largest absolute Gasteiger partial charge is 0.295 e. The van der Waals surface area contributed by atoms with Crippen molar-refractivity contribution in [3.8, 4) is 0 Å². The Balaban J connectivity index is 1.95. The average Bonchev–Trinajstić information content (AvgIpc) is 2.68. The molecule has 0 aromatic heterocycles. The summed E-state index contributed by atoms with van der Waals surface area (Å²) in [4.78, 5) is 15.6. The number of carbonyl (C=O) groups excluding carboxylic acids is 1. The Bertz CT molecular complexity index is 405. The number of hydrogen-bond acceptors (Lipinski definition) is 3. The van der Waals surface area contributed by atoms with E-state index in [1.165, 1.54) is 4.90 Å². The summed E-state index contributed by atoms with van der Waals surface area (Å²) in [5.74, 6) is 1.65. The second kappa shape index (κ2) is 5.89. The fourth-order valence-corrected chi connectivity index (χ4v) is 2.86. The highest BCUT2D eigenvalue weighted by Gasteiger charge is 2.27. The van der Waals surface area contributed by atoms with Gasteiger partial charge in [0.25, 0.3) is 0 Å². The van der Waals surface area contributed by atoms with Crippen molar-refractivity contribution >= 4 is 17.5 Å². The Morgan fingerprint density at radius 1 is 1.22 bits per heavy atom. The van der Waals surface area contributed by atoms with Crippen molar-refractivity contribution in [1.29, 1.82) is 0 Å². The van der Waals surface area contributed by atoms with E-state index >= 15 is 0 Å². The molecule has 18 heavy (non-hydrogen) atoms. The molecule has 0 N–H and O–H groups in total. The van der Waals surface area contributed by atoms with Gasteiger partial charge >= 0.3 is 0 Å². The van der Waals surface area contributed by atoms with Gasteiger partial charge in [-0.1, -0.05) is 26.0 Å². The molecule has 2 unspecified atom stereocenters. The molecule has 1 heterocycles. The van der Waals surface area contributed by atoms with Gasteiger partial charge in [0.05, 0.1) is 6.54 Å². The number of rotatable bonds is 4. The number of hydrogen-bond donors (Lipinski definition) is 0. The lowest BCUT2D eigenvalue weighted by Crippen LogP contribution is -2.28. The van der Waals surface area contributed by atoms with E-state index in [2.05, 4.69) is 18.7 Å². The predicted octanol–water partition coefficient (Wildman–Crippen LogP) is 3.18. The van der Waals surface area contributed by atoms with Gasteiger partial charge in [0.15, 0.2) is 5.78 Å². The van der Waals surface area contributed by atoms with Crippen molar-refractivity contribution < 1.29 is 4.79 Å². The van der Waals surface area contributed by atoms with Crippen LogP contribution in [0.25, 0.3) is 0 Å². The molecule has 1 aliphatic heterocycles. The molecule has 0 aliphatic carbocycles. The van der Waals surface area contributed by atoms with E-state index in [9.17, 15) is 4.79 Å². The van der Waals surface area contributed by atoms with Crippen LogP contribution in [0.4, 0.5) is 0 Å². The number of likely N-dealkylation sites (tertiary alicyclic amines) is 1. The van der Waals surface area contributed by atoms with Gasteiger partial charge in [-0.05, 0) is 30.2 Å². The molecule has 0 bridgehead atoms. The highest BCUT2D eigenvalue weighted by atomic mass is 32.2. The third-order valence-corrected chi connectivity index (χ3v) is 4.59. The first-order valence-electron chi connectivity index (χ1n) is 6.49. The molecular weight excluding hydrogens is 242 g/mol. The molecule has 1 aromatic rings. The first-order chi connectivity index (χ1) is 8.60. The lowest BCUT2D eigenvalue weighted by molar-refractivity contribution is 0.0942. The van der Waals surface area contributed by atoms with E-state index < -0.39 is 0 Å². The molecule has 2 rings (SSSR count). The maximum atomic E-state index is 12.2. The minimum atomic E-state index is 0.240. The summed E-state index contributed by atoms with van der Waals surface area (Å²) >= 11 is 1.70. The predicted molar refractivity (Wildman–Crippen MR) is 77.3 cm³/mol. The summed E-state index contributed by atoms with van der Waals surface area (Å²) < 4.78 is 0. The molecule has 1 aliphatic rings. The average molecular weight is 263 g/mol. The fourth-order valence-electron chi connectivity index (χ4n) is 2.45. The molecule has 1 saturated heterocycles. The Kier molecular flexibility index (Phi) is 4.46. The maximum Gasteiger partial charge on any atom is 0.176 e. The van der Waals surface area contributed by atoms with Gasteiger partial charge in [-0.2, -0.15) is 0 Å². The molecule has 0 amide bonds. The highest BCUT2D eigenvalue weighted by molar-refractivity contribution is 7.98. The van der Waals surface area contributed by atoms with Crippen molar-refractivity contribution in [1.82, 2.24) is 4.90 Å². The smallest absolute Gasteiger partial charge is 0.176 e. The summed E-state index contributed by atoms with van der Waals surface area (Å²) in [6.45, 7) is 7.20. The first-order valence-corrected chi connectivity index (χ1v) is 7.72. The Morgan fingerprint density at radius 3 is 2.28 bits per heavy atom. The molecule has 0 saturated carbocycles. The van der Waals surface area contributed by atoms with E-state index in [1.807, 2.05) is 30.5 Å². The van der Waals surface area contributed by atoms with Gasteiger partial charge in [-0.25, -0.2) is 0 Å². The van der Waals surface area contributed by atoms with Crippen LogP contribution in [-0.4, -0.2) is 36.6 Å². The Morgan fingerprint density at radius 2 is 1.78 bits per heavy atom. The van der Waals surface area contributed by atoms with Gasteiger partial charge in [0.1, 0.15) is 0 Å². The number of thioether (sulfide) groups is 1. The molecule has 0 spiro atoms. The van der Waals surface area contributed by atoms with Gasteiger partial charge in [-0.15, -0.1) is 11.8 Å². The fraction of sp³-hybridized carbons (Fsp3) is 0.533. The normalized spacial score (nSPS) is 24.4. The molecule has 2 atom stereocenters. The van der Waals surface area contributed by atoms with Crippen molar-refractivity contribution in [3.63, 3.8) is 0 Å². The van der Waals surface area contributed by atoms with Crippen molar-refractivity contribution in [3.05, 3.63) is 29.8 Å². The minimum absolute atomic E-state index is 0.240. The molecule has 1 fully saturated rings. The van der Waals surface area contributed by atoms with E-state index in [-0.39, 0.29) is 5.78 Å².